The molecule has 0 fully saturated rings. The molecule has 2 aliphatic rings. The van der Waals surface area contributed by atoms with Crippen molar-refractivity contribution in [3.05, 3.63) is 93.6 Å². The monoisotopic (exact) mass is 523 g/mol. The van der Waals surface area contributed by atoms with Crippen LogP contribution in [0.5, 0.6) is 0 Å². The number of ketones is 1. The van der Waals surface area contributed by atoms with Crippen LogP contribution in [-0.4, -0.2) is 31.8 Å². The number of halogens is 1. The number of sulfonamides is 1. The second-order valence-electron chi connectivity index (χ2n) is 8.23. The second-order valence-corrected chi connectivity index (χ2v) is 10.9. The van der Waals surface area contributed by atoms with E-state index in [-0.39, 0.29) is 17.2 Å². The van der Waals surface area contributed by atoms with Gasteiger partial charge in [0.25, 0.3) is 10.0 Å². The first-order chi connectivity index (χ1) is 15.9. The molecule has 0 saturated carbocycles. The third-order valence-electron chi connectivity index (χ3n) is 6.08. The normalized spacial score (nSPS) is 17.9. The summed E-state index contributed by atoms with van der Waals surface area (Å²) < 4.78 is 29.3. The number of nitrogens with one attached hydrogen (secondary N) is 1. The van der Waals surface area contributed by atoms with Gasteiger partial charge in [0.15, 0.2) is 11.6 Å². The van der Waals surface area contributed by atoms with Gasteiger partial charge in [0.05, 0.1) is 16.6 Å². The van der Waals surface area contributed by atoms with Crippen LogP contribution < -0.4 is 9.62 Å². The Labute approximate surface area is 201 Å². The Bertz CT molecular complexity index is 1380. The molecule has 1 atom stereocenters. The highest BCUT2D eigenvalue weighted by Gasteiger charge is 2.39. The summed E-state index contributed by atoms with van der Waals surface area (Å²) in [6.45, 7) is 2.06. The van der Waals surface area contributed by atoms with Gasteiger partial charge in [-0.15, -0.1) is 0 Å². The lowest BCUT2D eigenvalue weighted by Gasteiger charge is -2.25. The van der Waals surface area contributed by atoms with Crippen LogP contribution in [0.3, 0.4) is 0 Å². The van der Waals surface area contributed by atoms with Crippen LogP contribution >= 0.6 is 15.9 Å². The van der Waals surface area contributed by atoms with Gasteiger partial charge in [-0.05, 0) is 49.2 Å². The van der Waals surface area contributed by atoms with Gasteiger partial charge in [0.1, 0.15) is 0 Å². The number of anilines is 1. The lowest BCUT2D eigenvalue weighted by molar-refractivity contribution is -0.116. The number of hydrogen-bond donors (Lipinski definition) is 1. The number of hydrogen-bond acceptors (Lipinski definition) is 5. The molecule has 0 spiro atoms. The Morgan fingerprint density at radius 2 is 1.85 bits per heavy atom. The number of carbonyl (C=O) groups is 1. The van der Waals surface area contributed by atoms with Crippen molar-refractivity contribution in [2.45, 2.75) is 30.7 Å². The fourth-order valence-electron chi connectivity index (χ4n) is 4.36. The second kappa shape index (κ2) is 8.43. The number of pyridine rings is 1. The van der Waals surface area contributed by atoms with E-state index in [1.54, 1.807) is 36.5 Å². The van der Waals surface area contributed by atoms with Crippen molar-refractivity contribution >= 4 is 43.3 Å². The smallest absolute Gasteiger partial charge is 0.265 e. The number of benzene rings is 2. The number of nitrogens with zero attached hydrogens (tertiary/aromatic N) is 2. The first kappa shape index (κ1) is 21.9. The van der Waals surface area contributed by atoms with E-state index in [9.17, 15) is 13.2 Å². The number of aromatic nitrogens is 1. The van der Waals surface area contributed by atoms with Crippen molar-refractivity contribution in [3.63, 3.8) is 0 Å². The van der Waals surface area contributed by atoms with Crippen molar-refractivity contribution in [1.82, 2.24) is 10.3 Å². The zero-order chi connectivity index (χ0) is 23.2. The molecule has 2 aliphatic heterocycles. The molecule has 0 bridgehead atoms. The highest BCUT2D eigenvalue weighted by atomic mass is 79.9. The van der Waals surface area contributed by atoms with Crippen molar-refractivity contribution in [3.8, 4) is 0 Å². The van der Waals surface area contributed by atoms with E-state index in [0.717, 1.165) is 15.6 Å². The number of Topliss-reactive ketones (excluding diaryl/α,β-unsaturated/α-hetero) is 1. The molecule has 6 nitrogen and oxygen atoms in total. The summed E-state index contributed by atoms with van der Waals surface area (Å²) in [5.74, 6) is 0.343. The van der Waals surface area contributed by atoms with E-state index in [0.29, 0.717) is 35.5 Å². The van der Waals surface area contributed by atoms with E-state index >= 15 is 0 Å². The highest BCUT2D eigenvalue weighted by Crippen LogP contribution is 2.38. The minimum absolute atomic E-state index is 0.00476. The standard InChI is InChI=1S/C25H22BrN3O3S/c1-16-8-10-18(11-9-16)33(31,32)29-14-12-19-23(20-6-4-13-27-25(20)29)28-22(24(19)30)15-17-5-2-3-7-21(17)26/h2-11,13,22,28H,12,14-15H2,1H3. The van der Waals surface area contributed by atoms with Gasteiger partial charge < -0.3 is 5.32 Å². The lowest BCUT2D eigenvalue weighted by Crippen LogP contribution is -2.36. The van der Waals surface area contributed by atoms with Crippen LogP contribution in [-0.2, 0) is 21.2 Å². The molecule has 5 rings (SSSR count). The van der Waals surface area contributed by atoms with Crippen molar-refractivity contribution in [2.24, 2.45) is 0 Å². The molecule has 1 N–H and O–H groups in total. The van der Waals surface area contributed by atoms with Gasteiger partial charge in [-0.2, -0.15) is 0 Å². The van der Waals surface area contributed by atoms with Crippen LogP contribution in [0, 0.1) is 6.92 Å². The molecule has 3 heterocycles. The molecule has 8 heteroatoms. The third-order valence-corrected chi connectivity index (χ3v) is 8.66. The van der Waals surface area contributed by atoms with Crippen molar-refractivity contribution < 1.29 is 13.2 Å². The van der Waals surface area contributed by atoms with Crippen LogP contribution in [0.4, 0.5) is 5.82 Å². The van der Waals surface area contributed by atoms with Gasteiger partial charge >= 0.3 is 0 Å². The van der Waals surface area contributed by atoms with Gasteiger partial charge in [-0.25, -0.2) is 17.7 Å². The minimum Gasteiger partial charge on any atom is -0.374 e. The van der Waals surface area contributed by atoms with Crippen LogP contribution in [0.15, 0.2) is 81.8 Å². The number of fused-ring (bicyclic) bond motifs is 2. The van der Waals surface area contributed by atoms with Gasteiger partial charge in [-0.1, -0.05) is 51.8 Å². The highest BCUT2D eigenvalue weighted by molar-refractivity contribution is 9.10. The average Bonchev–Trinajstić information content (AvgIpc) is 3.00. The molecule has 0 saturated heterocycles. The van der Waals surface area contributed by atoms with Gasteiger partial charge in [-0.3, -0.25) is 4.79 Å². The SMILES string of the molecule is Cc1ccc(S(=O)(=O)N2CCC3=C(NC(Cc4ccccc4Br)C3=O)c3cccnc32)cc1. The molecule has 33 heavy (non-hydrogen) atoms. The van der Waals surface area contributed by atoms with Crippen molar-refractivity contribution in [2.75, 3.05) is 10.8 Å². The van der Waals surface area contributed by atoms with Crippen LogP contribution in [0.2, 0.25) is 0 Å². The average molecular weight is 524 g/mol. The topological polar surface area (TPSA) is 79.4 Å². The van der Waals surface area contributed by atoms with Crippen molar-refractivity contribution in [1.29, 1.82) is 0 Å². The summed E-state index contributed by atoms with van der Waals surface area (Å²) >= 11 is 3.56. The fraction of sp³-hybridized carbons (Fsp3) is 0.200. The van der Waals surface area contributed by atoms with E-state index in [1.807, 2.05) is 37.3 Å². The number of aryl methyl sites for hydroxylation is 1. The first-order valence-corrected chi connectivity index (χ1v) is 12.9. The zero-order valence-electron chi connectivity index (χ0n) is 18.0. The summed E-state index contributed by atoms with van der Waals surface area (Å²) in [6, 6.07) is 17.8. The predicted octanol–water partition coefficient (Wildman–Crippen LogP) is 4.25. The molecule has 2 aromatic carbocycles. The van der Waals surface area contributed by atoms with Crippen LogP contribution in [0.1, 0.15) is 23.1 Å². The Hall–Kier alpha value is -2.97. The van der Waals surface area contributed by atoms with E-state index in [2.05, 4.69) is 26.2 Å². The molecule has 1 unspecified atom stereocenters. The van der Waals surface area contributed by atoms with Crippen LogP contribution in [0.25, 0.3) is 5.70 Å². The summed E-state index contributed by atoms with van der Waals surface area (Å²) in [4.78, 5) is 18.0. The largest absolute Gasteiger partial charge is 0.374 e. The molecular formula is C25H22BrN3O3S. The Kier molecular flexibility index (Phi) is 5.58. The summed E-state index contributed by atoms with van der Waals surface area (Å²) in [7, 11) is -3.83. The molecule has 0 radical (unpaired) electrons. The van der Waals surface area contributed by atoms with E-state index < -0.39 is 16.1 Å². The Morgan fingerprint density at radius 3 is 2.61 bits per heavy atom. The van der Waals surface area contributed by atoms with Gasteiger partial charge in [0, 0.05) is 34.8 Å². The maximum atomic E-state index is 13.5. The zero-order valence-corrected chi connectivity index (χ0v) is 20.4. The molecular weight excluding hydrogens is 502 g/mol. The molecule has 0 aliphatic carbocycles. The molecule has 1 aromatic heterocycles. The lowest BCUT2D eigenvalue weighted by atomic mass is 9.99. The fourth-order valence-corrected chi connectivity index (χ4v) is 6.24. The maximum absolute atomic E-state index is 13.5. The summed E-state index contributed by atoms with van der Waals surface area (Å²) in [5.41, 5.74) is 3.96. The maximum Gasteiger partial charge on any atom is 0.265 e. The minimum atomic E-state index is -3.83. The number of carbonyl (C=O) groups excluding carboxylic acids is 1. The molecule has 168 valence electrons. The quantitative estimate of drug-likeness (QED) is 0.553. The Morgan fingerprint density at radius 1 is 1.09 bits per heavy atom. The van der Waals surface area contributed by atoms with E-state index in [1.165, 1.54) is 4.31 Å². The van der Waals surface area contributed by atoms with E-state index in [4.69, 9.17) is 0 Å². The predicted molar refractivity (Wildman–Crippen MR) is 131 cm³/mol. The third kappa shape index (κ3) is 3.87. The molecule has 0 amide bonds. The molecule has 3 aromatic rings. The summed E-state index contributed by atoms with van der Waals surface area (Å²) in [6.07, 6.45) is 2.43. The first-order valence-electron chi connectivity index (χ1n) is 10.7. The summed E-state index contributed by atoms with van der Waals surface area (Å²) in [5, 5.41) is 3.38. The number of rotatable bonds is 4. The Balaban J connectivity index is 1.51. The van der Waals surface area contributed by atoms with Gasteiger partial charge in [0.2, 0.25) is 0 Å².